The molecule has 8 nitrogen and oxygen atoms in total. The number of nitrogens with one attached hydrogen (secondary N) is 1. The fraction of sp³-hybridized carbons (Fsp3) is 0.154. The van der Waals surface area contributed by atoms with Crippen molar-refractivity contribution in [3.8, 4) is 11.8 Å². The minimum Gasteiger partial charge on any atom is -0.481 e. The number of aromatic nitrogens is 4. The molecule has 0 radical (unpaired) electrons. The van der Waals surface area contributed by atoms with Crippen molar-refractivity contribution in [2.24, 2.45) is 0 Å². The predicted octanol–water partition coefficient (Wildman–Crippen LogP) is 1.46. The lowest BCUT2D eigenvalue weighted by molar-refractivity contribution is -0.122. The average Bonchev–Trinajstić information content (AvgIpc) is 3.09. The molecule has 3 aromatic rings. The molecule has 0 aliphatic heterocycles. The van der Waals surface area contributed by atoms with Crippen LogP contribution in [0, 0.1) is 11.3 Å². The van der Waals surface area contributed by atoms with Gasteiger partial charge < -0.3 is 4.74 Å². The van der Waals surface area contributed by atoms with Crippen LogP contribution < -0.4 is 10.1 Å². The molecule has 1 amide bonds. The van der Waals surface area contributed by atoms with Gasteiger partial charge in [0.25, 0.3) is 5.91 Å². The number of hydrogen-bond donors (Lipinski definition) is 1. The van der Waals surface area contributed by atoms with Crippen molar-refractivity contribution in [3.63, 3.8) is 0 Å². The SMILES string of the molecule is C[C@@H](Oc1ccc(C#N)cc1)C(=O)Nc1nn2cnnc2s1. The van der Waals surface area contributed by atoms with Crippen LogP contribution in [0.1, 0.15) is 12.5 Å². The zero-order valence-corrected chi connectivity index (χ0v) is 12.2. The van der Waals surface area contributed by atoms with Gasteiger partial charge in [-0.15, -0.1) is 15.3 Å². The summed E-state index contributed by atoms with van der Waals surface area (Å²) < 4.78 is 7.00. The first-order chi connectivity index (χ1) is 10.7. The largest absolute Gasteiger partial charge is 0.481 e. The topological polar surface area (TPSA) is 105 Å². The molecule has 2 heterocycles. The number of ether oxygens (including phenoxy) is 1. The molecule has 0 bridgehead atoms. The maximum absolute atomic E-state index is 12.1. The second kappa shape index (κ2) is 5.79. The first kappa shape index (κ1) is 14.0. The molecule has 9 heteroatoms. The maximum Gasteiger partial charge on any atom is 0.266 e. The smallest absolute Gasteiger partial charge is 0.266 e. The van der Waals surface area contributed by atoms with Gasteiger partial charge in [-0.3, -0.25) is 10.1 Å². The summed E-state index contributed by atoms with van der Waals surface area (Å²) in [6.07, 6.45) is 0.750. The number of hydrogen-bond acceptors (Lipinski definition) is 7. The number of amides is 1. The van der Waals surface area contributed by atoms with E-state index in [1.54, 1.807) is 31.2 Å². The van der Waals surface area contributed by atoms with Gasteiger partial charge in [0.05, 0.1) is 11.6 Å². The van der Waals surface area contributed by atoms with Crippen LogP contribution in [0.25, 0.3) is 4.96 Å². The summed E-state index contributed by atoms with van der Waals surface area (Å²) in [7, 11) is 0. The average molecular weight is 314 g/mol. The van der Waals surface area contributed by atoms with Gasteiger partial charge in [-0.1, -0.05) is 11.3 Å². The second-order valence-corrected chi connectivity index (χ2v) is 5.31. The molecule has 0 saturated carbocycles. The number of nitriles is 1. The summed E-state index contributed by atoms with van der Waals surface area (Å²) in [5.41, 5.74) is 0.532. The van der Waals surface area contributed by atoms with Crippen molar-refractivity contribution in [3.05, 3.63) is 36.2 Å². The molecule has 22 heavy (non-hydrogen) atoms. The number of nitrogens with zero attached hydrogens (tertiary/aromatic N) is 5. The number of fused-ring (bicyclic) bond motifs is 1. The van der Waals surface area contributed by atoms with Crippen molar-refractivity contribution in [1.29, 1.82) is 5.26 Å². The highest BCUT2D eigenvalue weighted by Gasteiger charge is 2.17. The van der Waals surface area contributed by atoms with Crippen molar-refractivity contribution in [2.75, 3.05) is 5.32 Å². The molecule has 0 aliphatic rings. The Morgan fingerprint density at radius 1 is 1.45 bits per heavy atom. The van der Waals surface area contributed by atoms with E-state index in [1.165, 1.54) is 22.2 Å². The summed E-state index contributed by atoms with van der Waals surface area (Å²) in [5.74, 6) is 0.189. The van der Waals surface area contributed by atoms with Crippen LogP contribution in [0.15, 0.2) is 30.6 Å². The van der Waals surface area contributed by atoms with E-state index in [0.29, 0.717) is 21.4 Å². The van der Waals surface area contributed by atoms with Gasteiger partial charge in [0.15, 0.2) is 6.10 Å². The third-order valence-electron chi connectivity index (χ3n) is 2.78. The number of anilines is 1. The van der Waals surface area contributed by atoms with E-state index in [1.807, 2.05) is 6.07 Å². The molecular formula is C13H10N6O2S. The standard InChI is InChI=1S/C13H10N6O2S/c1-8(21-10-4-2-9(6-14)3-5-10)11(20)16-12-18-19-7-15-17-13(19)22-12/h2-5,7-8H,1H3,(H,16,18,20)/t8-/m1/s1. The number of benzene rings is 1. The van der Waals surface area contributed by atoms with Crippen molar-refractivity contribution in [2.45, 2.75) is 13.0 Å². The number of rotatable bonds is 4. The summed E-state index contributed by atoms with van der Waals surface area (Å²) in [6, 6.07) is 8.56. The van der Waals surface area contributed by atoms with Crippen LogP contribution in [0.2, 0.25) is 0 Å². The number of carbonyl (C=O) groups is 1. The fourth-order valence-corrected chi connectivity index (χ4v) is 2.41. The number of carbonyl (C=O) groups excluding carboxylic acids is 1. The Bertz CT molecular complexity index is 819. The lowest BCUT2D eigenvalue weighted by Gasteiger charge is -2.13. The molecule has 0 spiro atoms. The van der Waals surface area contributed by atoms with E-state index >= 15 is 0 Å². The highest BCUT2D eigenvalue weighted by molar-refractivity contribution is 7.20. The molecule has 1 aromatic carbocycles. The molecule has 2 aromatic heterocycles. The zero-order valence-electron chi connectivity index (χ0n) is 11.4. The van der Waals surface area contributed by atoms with Gasteiger partial charge in [-0.05, 0) is 31.2 Å². The molecular weight excluding hydrogens is 304 g/mol. The van der Waals surface area contributed by atoms with Gasteiger partial charge in [-0.2, -0.15) is 9.78 Å². The predicted molar refractivity (Wildman–Crippen MR) is 78.5 cm³/mol. The molecule has 0 fully saturated rings. The van der Waals surface area contributed by atoms with Crippen LogP contribution in [0.3, 0.4) is 0 Å². The molecule has 1 N–H and O–H groups in total. The summed E-state index contributed by atoms with van der Waals surface area (Å²) >= 11 is 1.22. The van der Waals surface area contributed by atoms with Crippen LogP contribution >= 0.6 is 11.3 Å². The summed E-state index contributed by atoms with van der Waals surface area (Å²) in [5, 5.41) is 23.5. The molecule has 0 unspecified atom stereocenters. The Labute approximate surface area is 129 Å². The second-order valence-electron chi connectivity index (χ2n) is 4.35. The minimum absolute atomic E-state index is 0.325. The van der Waals surface area contributed by atoms with Crippen molar-refractivity contribution < 1.29 is 9.53 Å². The van der Waals surface area contributed by atoms with Crippen molar-refractivity contribution in [1.82, 2.24) is 19.8 Å². The monoisotopic (exact) mass is 314 g/mol. The van der Waals surface area contributed by atoms with Crippen LogP contribution in [0.4, 0.5) is 5.13 Å². The highest BCUT2D eigenvalue weighted by atomic mass is 32.1. The highest BCUT2D eigenvalue weighted by Crippen LogP contribution is 2.18. The van der Waals surface area contributed by atoms with Gasteiger partial charge in [0.2, 0.25) is 10.1 Å². The Morgan fingerprint density at radius 3 is 2.91 bits per heavy atom. The zero-order chi connectivity index (χ0) is 15.5. The van der Waals surface area contributed by atoms with E-state index in [-0.39, 0.29) is 5.91 Å². The van der Waals surface area contributed by atoms with Gasteiger partial charge in [0, 0.05) is 0 Å². The molecule has 0 saturated heterocycles. The third-order valence-corrected chi connectivity index (χ3v) is 3.61. The normalized spacial score (nSPS) is 11.8. The van der Waals surface area contributed by atoms with Crippen LogP contribution in [-0.4, -0.2) is 31.8 Å². The lowest BCUT2D eigenvalue weighted by atomic mass is 10.2. The van der Waals surface area contributed by atoms with Crippen LogP contribution in [0.5, 0.6) is 5.75 Å². The van der Waals surface area contributed by atoms with Crippen molar-refractivity contribution >= 4 is 27.3 Å². The maximum atomic E-state index is 12.1. The first-order valence-corrected chi connectivity index (χ1v) is 7.12. The molecule has 110 valence electrons. The lowest BCUT2D eigenvalue weighted by Crippen LogP contribution is -2.30. The molecule has 1 atom stereocenters. The van der Waals surface area contributed by atoms with Crippen LogP contribution in [-0.2, 0) is 4.79 Å². The fourth-order valence-electron chi connectivity index (χ4n) is 1.68. The van der Waals surface area contributed by atoms with E-state index < -0.39 is 6.10 Å². The molecule has 3 rings (SSSR count). The third kappa shape index (κ3) is 2.87. The molecule has 0 aliphatic carbocycles. The Kier molecular flexibility index (Phi) is 3.67. The van der Waals surface area contributed by atoms with E-state index in [2.05, 4.69) is 20.6 Å². The quantitative estimate of drug-likeness (QED) is 0.781. The summed E-state index contributed by atoms with van der Waals surface area (Å²) in [4.78, 5) is 12.7. The van der Waals surface area contributed by atoms with Gasteiger partial charge in [0.1, 0.15) is 12.1 Å². The van der Waals surface area contributed by atoms with E-state index in [0.717, 1.165) is 0 Å². The Morgan fingerprint density at radius 2 is 2.23 bits per heavy atom. The van der Waals surface area contributed by atoms with E-state index in [9.17, 15) is 4.79 Å². The van der Waals surface area contributed by atoms with E-state index in [4.69, 9.17) is 10.00 Å². The first-order valence-electron chi connectivity index (χ1n) is 6.30. The van der Waals surface area contributed by atoms with Gasteiger partial charge in [-0.25, -0.2) is 0 Å². The summed E-state index contributed by atoms with van der Waals surface area (Å²) in [6.45, 7) is 1.63. The van der Waals surface area contributed by atoms with Gasteiger partial charge >= 0.3 is 0 Å². The minimum atomic E-state index is -0.706. The Hall–Kier alpha value is -2.99. The Balaban J connectivity index is 1.63.